The van der Waals surface area contributed by atoms with E-state index in [4.69, 9.17) is 4.74 Å². The summed E-state index contributed by atoms with van der Waals surface area (Å²) in [4.78, 5) is 2.37. The number of hydrogen-bond donors (Lipinski definition) is 1. The third kappa shape index (κ3) is 5.30. The monoisotopic (exact) mass is 364 g/mol. The van der Waals surface area contributed by atoms with E-state index in [1.165, 1.54) is 43.4 Å². The Bertz CT molecular complexity index is 506. The first-order valence-corrected chi connectivity index (χ1v) is 10.1. The van der Waals surface area contributed by atoms with Crippen LogP contribution in [0.1, 0.15) is 52.9 Å². The molecule has 26 heavy (non-hydrogen) atoms. The molecule has 0 bridgehead atoms. The molecule has 2 aliphatic rings. The summed E-state index contributed by atoms with van der Waals surface area (Å²) in [5.74, 6) is 0.557. The predicted octanol–water partition coefficient (Wildman–Crippen LogP) is 3.33. The van der Waals surface area contributed by atoms with Gasteiger partial charge in [0.15, 0.2) is 0 Å². The highest BCUT2D eigenvalue weighted by Crippen LogP contribution is 2.49. The van der Waals surface area contributed by atoms with Gasteiger partial charge < -0.3 is 15.0 Å². The van der Waals surface area contributed by atoms with Gasteiger partial charge in [-0.25, -0.2) is 0 Å². The molecule has 0 aromatic rings. The van der Waals surface area contributed by atoms with Gasteiger partial charge in [0.05, 0.1) is 12.2 Å². The highest BCUT2D eigenvalue weighted by molar-refractivity contribution is 5.25. The first-order valence-electron chi connectivity index (χ1n) is 10.1. The van der Waals surface area contributed by atoms with Crippen LogP contribution in [0.5, 0.6) is 0 Å². The lowest BCUT2D eigenvalue weighted by Crippen LogP contribution is -2.37. The molecule has 0 aromatic heterocycles. The summed E-state index contributed by atoms with van der Waals surface area (Å²) < 4.78 is 6.30. The van der Waals surface area contributed by atoms with E-state index in [9.17, 15) is 0 Å². The van der Waals surface area contributed by atoms with Crippen molar-refractivity contribution in [1.29, 1.82) is 0 Å². The molecular formula is C21H40N4O. The van der Waals surface area contributed by atoms with E-state index in [0.717, 1.165) is 26.2 Å². The van der Waals surface area contributed by atoms with Gasteiger partial charge in [-0.1, -0.05) is 13.8 Å². The third-order valence-electron chi connectivity index (χ3n) is 6.10. The Labute approximate surface area is 160 Å². The molecule has 1 N–H and O–H groups in total. The summed E-state index contributed by atoms with van der Waals surface area (Å²) in [6.45, 7) is 14.6. The molecule has 2 fully saturated rings. The maximum Gasteiger partial charge on any atom is 0.0689 e. The van der Waals surface area contributed by atoms with Crippen molar-refractivity contribution in [2.24, 2.45) is 16.4 Å². The van der Waals surface area contributed by atoms with Gasteiger partial charge in [-0.15, -0.1) is 0 Å². The smallest absolute Gasteiger partial charge is 0.0689 e. The maximum absolute atomic E-state index is 6.30. The third-order valence-corrected chi connectivity index (χ3v) is 6.10. The van der Waals surface area contributed by atoms with Gasteiger partial charge in [-0.3, -0.25) is 5.01 Å². The van der Waals surface area contributed by atoms with Crippen molar-refractivity contribution < 1.29 is 4.74 Å². The van der Waals surface area contributed by atoms with E-state index in [-0.39, 0.29) is 5.60 Å². The fraction of sp³-hybridized carbons (Fsp3) is 0.857. The van der Waals surface area contributed by atoms with Gasteiger partial charge >= 0.3 is 0 Å². The van der Waals surface area contributed by atoms with Crippen LogP contribution in [-0.2, 0) is 4.74 Å². The molecule has 5 nitrogen and oxygen atoms in total. The predicted molar refractivity (Wildman–Crippen MR) is 110 cm³/mol. The van der Waals surface area contributed by atoms with Crippen LogP contribution in [0.15, 0.2) is 16.4 Å². The number of hydrogen-bond acceptors (Lipinski definition) is 5. The second-order valence-corrected chi connectivity index (χ2v) is 9.26. The molecule has 0 amide bonds. The number of likely N-dealkylation sites (N-methyl/N-ethyl adjacent to an activating group) is 2. The maximum atomic E-state index is 6.30. The van der Waals surface area contributed by atoms with Crippen LogP contribution in [0.2, 0.25) is 0 Å². The molecular weight excluding hydrogens is 324 g/mol. The minimum Gasteiger partial charge on any atom is -0.374 e. The molecule has 0 atom stereocenters. The quantitative estimate of drug-likeness (QED) is 0.530. The van der Waals surface area contributed by atoms with E-state index >= 15 is 0 Å². The van der Waals surface area contributed by atoms with Crippen molar-refractivity contribution in [3.8, 4) is 0 Å². The number of allylic oxidation sites excluding steroid dienone is 1. The standard InChI is InChI=1S/C21H40N4O/c1-17(14-24(6)13-12-22-4)19(25(7)23-5)18-8-10-21(11-9-18)15-20(2,3)16-26-21/h18,22H,5,8-16H2,1-4,6-7H3/b19-17+/t18-,21+. The van der Waals surface area contributed by atoms with Crippen molar-refractivity contribution in [3.05, 3.63) is 11.3 Å². The Morgan fingerprint density at radius 2 is 1.92 bits per heavy atom. The van der Waals surface area contributed by atoms with Crippen LogP contribution < -0.4 is 5.32 Å². The lowest BCUT2D eigenvalue weighted by atomic mass is 9.72. The summed E-state index contributed by atoms with van der Waals surface area (Å²) in [6.07, 6.45) is 5.90. The van der Waals surface area contributed by atoms with E-state index in [2.05, 4.69) is 49.9 Å². The summed E-state index contributed by atoms with van der Waals surface area (Å²) in [7, 11) is 6.23. The summed E-state index contributed by atoms with van der Waals surface area (Å²) in [6, 6.07) is 0. The fourth-order valence-electron chi connectivity index (χ4n) is 4.89. The summed E-state index contributed by atoms with van der Waals surface area (Å²) in [5, 5.41) is 9.46. The highest BCUT2D eigenvalue weighted by Gasteiger charge is 2.46. The average molecular weight is 365 g/mol. The second-order valence-electron chi connectivity index (χ2n) is 9.26. The van der Waals surface area contributed by atoms with Crippen molar-refractivity contribution in [1.82, 2.24) is 15.2 Å². The Morgan fingerprint density at radius 1 is 1.27 bits per heavy atom. The van der Waals surface area contributed by atoms with Crippen LogP contribution >= 0.6 is 0 Å². The SMILES string of the molecule is C=NN(C)/C(=C(\C)CN(C)CCNC)[C@H]1CC[C@@]2(CC1)CC(C)(C)CO2. The molecule has 0 aromatic carbocycles. The van der Waals surface area contributed by atoms with E-state index in [0.29, 0.717) is 11.3 Å². The zero-order valence-corrected chi connectivity index (χ0v) is 17.9. The van der Waals surface area contributed by atoms with Crippen LogP contribution in [0.4, 0.5) is 0 Å². The van der Waals surface area contributed by atoms with Crippen molar-refractivity contribution >= 4 is 6.72 Å². The molecule has 1 aliphatic carbocycles. The zero-order valence-electron chi connectivity index (χ0n) is 17.9. The van der Waals surface area contributed by atoms with Crippen molar-refractivity contribution in [2.45, 2.75) is 58.5 Å². The number of nitrogens with one attached hydrogen (secondary N) is 1. The largest absolute Gasteiger partial charge is 0.374 e. The van der Waals surface area contributed by atoms with Crippen LogP contribution in [0.3, 0.4) is 0 Å². The van der Waals surface area contributed by atoms with Gasteiger partial charge in [0, 0.05) is 45.0 Å². The van der Waals surface area contributed by atoms with E-state index in [1.54, 1.807) is 0 Å². The van der Waals surface area contributed by atoms with Crippen molar-refractivity contribution in [2.75, 3.05) is 47.4 Å². The van der Waals surface area contributed by atoms with Crippen LogP contribution in [0, 0.1) is 11.3 Å². The number of ether oxygens (including phenoxy) is 1. The lowest BCUT2D eigenvalue weighted by molar-refractivity contribution is -0.0344. The Balaban J connectivity index is 2.06. The van der Waals surface area contributed by atoms with Gasteiger partial charge in [-0.05, 0) is 64.1 Å². The van der Waals surface area contributed by atoms with Gasteiger partial charge in [-0.2, -0.15) is 5.10 Å². The minimum absolute atomic E-state index is 0.128. The molecule has 1 heterocycles. The lowest BCUT2D eigenvalue weighted by Gasteiger charge is -2.39. The van der Waals surface area contributed by atoms with E-state index in [1.807, 2.05) is 19.1 Å². The van der Waals surface area contributed by atoms with Crippen LogP contribution in [-0.4, -0.2) is 69.6 Å². The van der Waals surface area contributed by atoms with Gasteiger partial charge in [0.2, 0.25) is 0 Å². The summed E-state index contributed by atoms with van der Waals surface area (Å²) in [5.41, 5.74) is 3.23. The number of rotatable bonds is 8. The molecule has 1 saturated heterocycles. The molecule has 5 heteroatoms. The van der Waals surface area contributed by atoms with Crippen molar-refractivity contribution in [3.63, 3.8) is 0 Å². The zero-order chi connectivity index (χ0) is 19.4. The Morgan fingerprint density at radius 3 is 2.42 bits per heavy atom. The molecule has 0 unspecified atom stereocenters. The Hall–Kier alpha value is -0.910. The molecule has 2 rings (SSSR count). The van der Waals surface area contributed by atoms with Gasteiger partial charge in [0.1, 0.15) is 0 Å². The molecule has 1 spiro atoms. The number of hydrazone groups is 1. The van der Waals surface area contributed by atoms with E-state index < -0.39 is 0 Å². The first-order chi connectivity index (χ1) is 12.2. The molecule has 1 aliphatic heterocycles. The molecule has 1 saturated carbocycles. The highest BCUT2D eigenvalue weighted by atomic mass is 16.5. The number of nitrogens with zero attached hydrogens (tertiary/aromatic N) is 3. The topological polar surface area (TPSA) is 40.1 Å². The second kappa shape index (κ2) is 8.85. The first kappa shape index (κ1) is 21.4. The summed E-state index contributed by atoms with van der Waals surface area (Å²) >= 11 is 0. The normalized spacial score (nSPS) is 29.1. The minimum atomic E-state index is 0.128. The van der Waals surface area contributed by atoms with Crippen LogP contribution in [0.25, 0.3) is 0 Å². The average Bonchev–Trinajstić information content (AvgIpc) is 2.89. The molecule has 0 radical (unpaired) electrons. The van der Waals surface area contributed by atoms with Gasteiger partial charge in [0.25, 0.3) is 0 Å². The Kier molecular flexibility index (Phi) is 7.28. The fourth-order valence-corrected chi connectivity index (χ4v) is 4.89. The molecule has 150 valence electrons.